The average molecular weight is 278 g/mol. The van der Waals surface area contributed by atoms with Crippen LogP contribution in [0.2, 0.25) is 0 Å². The normalized spacial score (nSPS) is 20.7. The Labute approximate surface area is 107 Å². The zero-order chi connectivity index (χ0) is 14.0. The van der Waals surface area contributed by atoms with Gasteiger partial charge >= 0.3 is 6.18 Å². The van der Waals surface area contributed by atoms with Gasteiger partial charge in [0.2, 0.25) is 0 Å². The molecule has 1 unspecified atom stereocenters. The molecular weight excluding hydrogens is 264 g/mol. The summed E-state index contributed by atoms with van der Waals surface area (Å²) in [6.45, 7) is -0.453. The fourth-order valence-corrected chi connectivity index (χ4v) is 2.25. The number of pyridine rings is 1. The van der Waals surface area contributed by atoms with Crippen LogP contribution >= 0.6 is 0 Å². The molecule has 2 rings (SSSR count). The van der Waals surface area contributed by atoms with E-state index in [4.69, 9.17) is 5.11 Å². The van der Waals surface area contributed by atoms with E-state index < -0.39 is 24.5 Å². The van der Waals surface area contributed by atoms with Gasteiger partial charge in [0.1, 0.15) is 0 Å². The van der Waals surface area contributed by atoms with Crippen LogP contribution in [0.3, 0.4) is 0 Å². The summed E-state index contributed by atoms with van der Waals surface area (Å²) in [5, 5.41) is 8.96. The standard InChI is InChI=1S/C12H14F4N2O/c13-10-8(7-19)3-4-17-11(10)18-5-1-2-9(6-18)12(14,15)16/h3-4,9,19H,1-2,5-7H2. The molecule has 1 saturated heterocycles. The highest BCUT2D eigenvalue weighted by atomic mass is 19.4. The lowest BCUT2D eigenvalue weighted by molar-refractivity contribution is -0.176. The quantitative estimate of drug-likeness (QED) is 0.844. The van der Waals surface area contributed by atoms with Gasteiger partial charge in [-0.1, -0.05) is 0 Å². The maximum Gasteiger partial charge on any atom is 0.393 e. The molecule has 0 aliphatic carbocycles. The first kappa shape index (κ1) is 14.0. The van der Waals surface area contributed by atoms with Crippen molar-refractivity contribution in [3.05, 3.63) is 23.6 Å². The molecule has 19 heavy (non-hydrogen) atoms. The SMILES string of the molecule is OCc1ccnc(N2CCCC(C(F)(F)F)C2)c1F. The van der Waals surface area contributed by atoms with E-state index >= 15 is 0 Å². The molecule has 0 spiro atoms. The summed E-state index contributed by atoms with van der Waals surface area (Å²) < 4.78 is 52.0. The number of halogens is 4. The molecule has 1 fully saturated rings. The molecule has 1 atom stereocenters. The van der Waals surface area contributed by atoms with Gasteiger partial charge in [0.25, 0.3) is 0 Å². The molecule has 0 aromatic carbocycles. The van der Waals surface area contributed by atoms with Crippen LogP contribution in [0.15, 0.2) is 12.3 Å². The predicted molar refractivity (Wildman–Crippen MR) is 61.1 cm³/mol. The van der Waals surface area contributed by atoms with E-state index in [1.54, 1.807) is 0 Å². The number of aromatic nitrogens is 1. The van der Waals surface area contributed by atoms with Gasteiger partial charge in [-0.05, 0) is 18.9 Å². The minimum atomic E-state index is -4.27. The van der Waals surface area contributed by atoms with Gasteiger partial charge in [-0.25, -0.2) is 9.37 Å². The first-order valence-electron chi connectivity index (χ1n) is 5.99. The van der Waals surface area contributed by atoms with Gasteiger partial charge in [0.15, 0.2) is 11.6 Å². The van der Waals surface area contributed by atoms with Crippen molar-refractivity contribution in [3.8, 4) is 0 Å². The molecule has 0 radical (unpaired) electrons. The summed E-state index contributed by atoms with van der Waals surface area (Å²) >= 11 is 0. The Balaban J connectivity index is 2.22. The van der Waals surface area contributed by atoms with Crippen LogP contribution in [0, 0.1) is 11.7 Å². The molecule has 0 bridgehead atoms. The van der Waals surface area contributed by atoms with Gasteiger partial charge in [-0.2, -0.15) is 13.2 Å². The summed E-state index contributed by atoms with van der Waals surface area (Å²) in [7, 11) is 0. The fourth-order valence-electron chi connectivity index (χ4n) is 2.25. The van der Waals surface area contributed by atoms with E-state index in [9.17, 15) is 17.6 Å². The predicted octanol–water partition coefficient (Wildman–Crippen LogP) is 2.49. The zero-order valence-electron chi connectivity index (χ0n) is 10.1. The number of nitrogens with zero attached hydrogens (tertiary/aromatic N) is 2. The molecule has 1 aromatic heterocycles. The van der Waals surface area contributed by atoms with Gasteiger partial charge in [-0.3, -0.25) is 0 Å². The second-order valence-corrected chi connectivity index (χ2v) is 4.59. The molecular formula is C12H14F4N2O. The topological polar surface area (TPSA) is 36.4 Å². The Morgan fingerprint density at radius 3 is 2.79 bits per heavy atom. The lowest BCUT2D eigenvalue weighted by Crippen LogP contribution is -2.42. The fraction of sp³-hybridized carbons (Fsp3) is 0.583. The summed E-state index contributed by atoms with van der Waals surface area (Å²) in [6.07, 6.45) is -2.58. The van der Waals surface area contributed by atoms with Crippen LogP contribution in [0.5, 0.6) is 0 Å². The molecule has 1 aliphatic rings. The molecule has 1 N–H and O–H groups in total. The monoisotopic (exact) mass is 278 g/mol. The van der Waals surface area contributed by atoms with E-state index in [-0.39, 0.29) is 24.3 Å². The van der Waals surface area contributed by atoms with Crippen LogP contribution < -0.4 is 4.90 Å². The largest absolute Gasteiger partial charge is 0.393 e. The van der Waals surface area contributed by atoms with Gasteiger partial charge in [0.05, 0.1) is 12.5 Å². The minimum absolute atomic E-state index is 0.0409. The number of aliphatic hydroxyl groups is 1. The number of hydrogen-bond donors (Lipinski definition) is 1. The third-order valence-corrected chi connectivity index (χ3v) is 3.30. The van der Waals surface area contributed by atoms with E-state index in [2.05, 4.69) is 4.98 Å². The Kier molecular flexibility index (Phi) is 3.93. The lowest BCUT2D eigenvalue weighted by atomic mass is 9.97. The van der Waals surface area contributed by atoms with Crippen LogP contribution in [0.1, 0.15) is 18.4 Å². The van der Waals surface area contributed by atoms with Crippen molar-refractivity contribution >= 4 is 5.82 Å². The van der Waals surface area contributed by atoms with Gasteiger partial charge in [0, 0.05) is 24.8 Å². The third kappa shape index (κ3) is 2.97. The highest BCUT2D eigenvalue weighted by molar-refractivity contribution is 5.43. The van der Waals surface area contributed by atoms with Crippen LogP contribution in [-0.4, -0.2) is 29.4 Å². The van der Waals surface area contributed by atoms with Gasteiger partial charge < -0.3 is 10.0 Å². The highest BCUT2D eigenvalue weighted by Gasteiger charge is 2.42. The number of anilines is 1. The summed E-state index contributed by atoms with van der Waals surface area (Å²) in [4.78, 5) is 5.10. The molecule has 1 aromatic rings. The molecule has 7 heteroatoms. The second kappa shape index (κ2) is 5.32. The molecule has 0 saturated carbocycles. The Bertz CT molecular complexity index is 450. The van der Waals surface area contributed by atoms with Gasteiger partial charge in [-0.15, -0.1) is 0 Å². The van der Waals surface area contributed by atoms with Crippen molar-refractivity contribution in [2.75, 3.05) is 18.0 Å². The minimum Gasteiger partial charge on any atom is -0.392 e. The number of alkyl halides is 3. The number of aliphatic hydroxyl groups excluding tert-OH is 1. The van der Waals surface area contributed by atoms with Crippen LogP contribution in [0.4, 0.5) is 23.4 Å². The third-order valence-electron chi connectivity index (χ3n) is 3.30. The zero-order valence-corrected chi connectivity index (χ0v) is 10.1. The summed E-state index contributed by atoms with van der Waals surface area (Å²) in [5.74, 6) is -2.31. The lowest BCUT2D eigenvalue weighted by Gasteiger charge is -2.34. The van der Waals surface area contributed by atoms with Crippen molar-refractivity contribution in [1.82, 2.24) is 4.98 Å². The molecule has 0 amide bonds. The highest BCUT2D eigenvalue weighted by Crippen LogP contribution is 2.35. The van der Waals surface area contributed by atoms with E-state index in [0.717, 1.165) is 0 Å². The van der Waals surface area contributed by atoms with E-state index in [1.165, 1.54) is 17.2 Å². The Morgan fingerprint density at radius 2 is 2.16 bits per heavy atom. The van der Waals surface area contributed by atoms with Crippen molar-refractivity contribution < 1.29 is 22.7 Å². The second-order valence-electron chi connectivity index (χ2n) is 4.59. The first-order chi connectivity index (χ1) is 8.93. The maximum atomic E-state index is 13.9. The first-order valence-corrected chi connectivity index (χ1v) is 5.99. The Hall–Kier alpha value is -1.37. The number of hydrogen-bond acceptors (Lipinski definition) is 3. The van der Waals surface area contributed by atoms with Crippen molar-refractivity contribution in [3.63, 3.8) is 0 Å². The molecule has 1 aliphatic heterocycles. The summed E-state index contributed by atoms with van der Waals surface area (Å²) in [5.41, 5.74) is 0.0409. The smallest absolute Gasteiger partial charge is 0.392 e. The van der Waals surface area contributed by atoms with Crippen molar-refractivity contribution in [2.24, 2.45) is 5.92 Å². The number of rotatable bonds is 2. The van der Waals surface area contributed by atoms with E-state index in [0.29, 0.717) is 13.0 Å². The summed E-state index contributed by atoms with van der Waals surface area (Å²) in [6, 6.07) is 1.31. The van der Waals surface area contributed by atoms with Crippen LogP contribution in [0.25, 0.3) is 0 Å². The average Bonchev–Trinajstić information content (AvgIpc) is 2.38. The Morgan fingerprint density at radius 1 is 1.42 bits per heavy atom. The van der Waals surface area contributed by atoms with Crippen molar-refractivity contribution in [1.29, 1.82) is 0 Å². The molecule has 106 valence electrons. The van der Waals surface area contributed by atoms with Crippen molar-refractivity contribution in [2.45, 2.75) is 25.6 Å². The van der Waals surface area contributed by atoms with E-state index in [1.807, 2.05) is 0 Å². The van der Waals surface area contributed by atoms with Crippen LogP contribution in [-0.2, 0) is 6.61 Å². The maximum absolute atomic E-state index is 13.9. The number of piperidine rings is 1. The molecule has 3 nitrogen and oxygen atoms in total. The molecule has 2 heterocycles.